The van der Waals surface area contributed by atoms with Crippen molar-refractivity contribution in [2.45, 2.75) is 38.7 Å². The number of carbonyl (C=O) groups excluding carboxylic acids is 1. The third-order valence-corrected chi connectivity index (χ3v) is 3.57. The number of carbonyl (C=O) groups is 1. The molecular formula is C15H21NO2. The maximum absolute atomic E-state index is 11.9. The number of likely N-dealkylation sites (tertiary alicyclic amines) is 1. The predicted octanol–water partition coefficient (Wildman–Crippen LogP) is 1.77. The van der Waals surface area contributed by atoms with Crippen molar-refractivity contribution >= 4 is 5.91 Å². The summed E-state index contributed by atoms with van der Waals surface area (Å²) in [6.07, 6.45) is 2.77. The quantitative estimate of drug-likeness (QED) is 0.881. The number of hydrogen-bond acceptors (Lipinski definition) is 2. The summed E-state index contributed by atoms with van der Waals surface area (Å²) in [4.78, 5) is 13.7. The van der Waals surface area contributed by atoms with Gasteiger partial charge in [0.05, 0.1) is 6.10 Å². The first-order valence-electron chi connectivity index (χ1n) is 6.72. The third kappa shape index (κ3) is 3.33. The molecule has 0 saturated carbocycles. The van der Waals surface area contributed by atoms with Crippen molar-refractivity contribution in [3.8, 4) is 0 Å². The molecule has 3 heteroatoms. The fraction of sp³-hybridized carbons (Fsp3) is 0.533. The van der Waals surface area contributed by atoms with E-state index in [1.807, 2.05) is 0 Å². The summed E-state index contributed by atoms with van der Waals surface area (Å²) in [5.74, 6) is 0.158. The molecular weight excluding hydrogens is 226 g/mol. The molecule has 1 aliphatic rings. The zero-order chi connectivity index (χ0) is 13.0. The van der Waals surface area contributed by atoms with Gasteiger partial charge in [-0.25, -0.2) is 0 Å². The molecule has 0 unspecified atom stereocenters. The molecule has 1 atom stereocenters. The summed E-state index contributed by atoms with van der Waals surface area (Å²) in [7, 11) is 0. The predicted molar refractivity (Wildman–Crippen MR) is 71.3 cm³/mol. The molecule has 1 aliphatic heterocycles. The van der Waals surface area contributed by atoms with Gasteiger partial charge in [-0.1, -0.05) is 31.2 Å². The van der Waals surface area contributed by atoms with E-state index in [0.717, 1.165) is 19.3 Å². The molecule has 1 aromatic carbocycles. The second-order valence-corrected chi connectivity index (χ2v) is 4.95. The van der Waals surface area contributed by atoms with Crippen molar-refractivity contribution in [1.29, 1.82) is 0 Å². The molecule has 1 amide bonds. The summed E-state index contributed by atoms with van der Waals surface area (Å²) < 4.78 is 0. The molecule has 98 valence electrons. The molecule has 2 rings (SSSR count). The first kappa shape index (κ1) is 13.1. The van der Waals surface area contributed by atoms with Crippen LogP contribution in [-0.4, -0.2) is 35.1 Å². The summed E-state index contributed by atoms with van der Waals surface area (Å²) in [6, 6.07) is 8.45. The lowest BCUT2D eigenvalue weighted by molar-refractivity contribution is -0.130. The van der Waals surface area contributed by atoms with E-state index < -0.39 is 0 Å². The second-order valence-electron chi connectivity index (χ2n) is 4.95. The van der Waals surface area contributed by atoms with Crippen molar-refractivity contribution in [2.24, 2.45) is 0 Å². The van der Waals surface area contributed by atoms with Gasteiger partial charge in [-0.15, -0.1) is 0 Å². The number of nitrogens with zero attached hydrogens (tertiary/aromatic N) is 1. The van der Waals surface area contributed by atoms with Crippen molar-refractivity contribution < 1.29 is 9.90 Å². The maximum atomic E-state index is 11.9. The summed E-state index contributed by atoms with van der Waals surface area (Å²) in [5.41, 5.74) is 2.54. The number of aliphatic hydroxyl groups is 1. The molecule has 1 heterocycles. The Kier molecular flexibility index (Phi) is 4.37. The Hall–Kier alpha value is -1.35. The average Bonchev–Trinajstić information content (AvgIpc) is 2.83. The summed E-state index contributed by atoms with van der Waals surface area (Å²) >= 11 is 0. The van der Waals surface area contributed by atoms with E-state index >= 15 is 0 Å². The number of amides is 1. The van der Waals surface area contributed by atoms with Crippen molar-refractivity contribution in [3.05, 3.63) is 35.4 Å². The van der Waals surface area contributed by atoms with Crippen LogP contribution in [0.5, 0.6) is 0 Å². The molecule has 0 radical (unpaired) electrons. The fourth-order valence-corrected chi connectivity index (χ4v) is 2.32. The Morgan fingerprint density at radius 2 is 2.00 bits per heavy atom. The lowest BCUT2D eigenvalue weighted by Crippen LogP contribution is -2.29. The highest BCUT2D eigenvalue weighted by Crippen LogP contribution is 2.12. The molecule has 0 aromatic heterocycles. The van der Waals surface area contributed by atoms with Crippen LogP contribution in [0.1, 0.15) is 30.9 Å². The Balaban J connectivity index is 1.81. The van der Waals surface area contributed by atoms with Crippen LogP contribution in [0.15, 0.2) is 24.3 Å². The monoisotopic (exact) mass is 247 g/mol. The van der Waals surface area contributed by atoms with Crippen LogP contribution < -0.4 is 0 Å². The van der Waals surface area contributed by atoms with Gasteiger partial charge in [0.25, 0.3) is 0 Å². The van der Waals surface area contributed by atoms with Gasteiger partial charge in [-0.2, -0.15) is 0 Å². The maximum Gasteiger partial charge on any atom is 0.222 e. The Bertz CT molecular complexity index is 399. The molecule has 0 bridgehead atoms. The SMILES string of the molecule is CCc1ccc(CCC(=O)N2CC[C@H](O)C2)cc1. The van der Waals surface area contributed by atoms with E-state index in [-0.39, 0.29) is 12.0 Å². The molecule has 1 aromatic rings. The highest BCUT2D eigenvalue weighted by molar-refractivity contribution is 5.76. The Labute approximate surface area is 108 Å². The van der Waals surface area contributed by atoms with E-state index in [2.05, 4.69) is 31.2 Å². The van der Waals surface area contributed by atoms with Crippen LogP contribution in [0, 0.1) is 0 Å². The van der Waals surface area contributed by atoms with Crippen LogP contribution in [0.2, 0.25) is 0 Å². The van der Waals surface area contributed by atoms with Gasteiger partial charge in [-0.3, -0.25) is 4.79 Å². The van der Waals surface area contributed by atoms with Gasteiger partial charge in [0, 0.05) is 19.5 Å². The zero-order valence-electron chi connectivity index (χ0n) is 10.9. The fourth-order valence-electron chi connectivity index (χ4n) is 2.32. The zero-order valence-corrected chi connectivity index (χ0v) is 10.9. The van der Waals surface area contributed by atoms with Gasteiger partial charge in [0.1, 0.15) is 0 Å². The van der Waals surface area contributed by atoms with E-state index in [0.29, 0.717) is 19.5 Å². The standard InChI is InChI=1S/C15H21NO2/c1-2-12-3-5-13(6-4-12)7-8-15(18)16-10-9-14(17)11-16/h3-6,14,17H,2,7-11H2,1H3/t14-/m0/s1. The molecule has 3 nitrogen and oxygen atoms in total. The van der Waals surface area contributed by atoms with Crippen LogP contribution in [0.4, 0.5) is 0 Å². The third-order valence-electron chi connectivity index (χ3n) is 3.57. The van der Waals surface area contributed by atoms with E-state index in [4.69, 9.17) is 0 Å². The molecule has 0 aliphatic carbocycles. The number of rotatable bonds is 4. The first-order chi connectivity index (χ1) is 8.69. The highest BCUT2D eigenvalue weighted by Gasteiger charge is 2.23. The minimum Gasteiger partial charge on any atom is -0.391 e. The molecule has 1 saturated heterocycles. The summed E-state index contributed by atoms with van der Waals surface area (Å²) in [5, 5.41) is 9.40. The minimum absolute atomic E-state index is 0.158. The van der Waals surface area contributed by atoms with Gasteiger partial charge < -0.3 is 10.0 Å². The number of β-amino-alcohol motifs (C(OH)–C–C–N with tert-alkyl or cyclic N) is 1. The van der Waals surface area contributed by atoms with Crippen molar-refractivity contribution in [2.75, 3.05) is 13.1 Å². The lowest BCUT2D eigenvalue weighted by atomic mass is 10.1. The van der Waals surface area contributed by atoms with Crippen molar-refractivity contribution in [3.63, 3.8) is 0 Å². The van der Waals surface area contributed by atoms with Gasteiger partial charge in [0.15, 0.2) is 0 Å². The first-order valence-corrected chi connectivity index (χ1v) is 6.72. The Morgan fingerprint density at radius 1 is 1.33 bits per heavy atom. The number of benzene rings is 1. The highest BCUT2D eigenvalue weighted by atomic mass is 16.3. The van der Waals surface area contributed by atoms with Crippen LogP contribution >= 0.6 is 0 Å². The van der Waals surface area contributed by atoms with E-state index in [9.17, 15) is 9.90 Å². The van der Waals surface area contributed by atoms with Crippen molar-refractivity contribution in [1.82, 2.24) is 4.90 Å². The number of aliphatic hydroxyl groups excluding tert-OH is 1. The largest absolute Gasteiger partial charge is 0.391 e. The molecule has 0 spiro atoms. The second kappa shape index (κ2) is 6.01. The van der Waals surface area contributed by atoms with Gasteiger partial charge in [-0.05, 0) is 30.4 Å². The average molecular weight is 247 g/mol. The number of aryl methyl sites for hydroxylation is 2. The van der Waals surface area contributed by atoms with Gasteiger partial charge >= 0.3 is 0 Å². The number of hydrogen-bond donors (Lipinski definition) is 1. The molecule has 1 fully saturated rings. The van der Waals surface area contributed by atoms with E-state index in [1.54, 1.807) is 4.90 Å². The lowest BCUT2D eigenvalue weighted by Gasteiger charge is -2.15. The van der Waals surface area contributed by atoms with Gasteiger partial charge in [0.2, 0.25) is 5.91 Å². The summed E-state index contributed by atoms with van der Waals surface area (Å²) in [6.45, 7) is 3.35. The van der Waals surface area contributed by atoms with Crippen LogP contribution in [0.3, 0.4) is 0 Å². The minimum atomic E-state index is -0.321. The topological polar surface area (TPSA) is 40.5 Å². The smallest absolute Gasteiger partial charge is 0.222 e. The normalized spacial score (nSPS) is 19.2. The molecule has 18 heavy (non-hydrogen) atoms. The van der Waals surface area contributed by atoms with Crippen LogP contribution in [-0.2, 0) is 17.6 Å². The van der Waals surface area contributed by atoms with E-state index in [1.165, 1.54) is 11.1 Å². The Morgan fingerprint density at radius 3 is 2.56 bits per heavy atom. The molecule has 1 N–H and O–H groups in total. The van der Waals surface area contributed by atoms with Crippen LogP contribution in [0.25, 0.3) is 0 Å².